The lowest BCUT2D eigenvalue weighted by Crippen LogP contribution is -2.41. The Morgan fingerprint density at radius 2 is 2.00 bits per heavy atom. The number of carbonyl (C=O) groups is 1. The molecule has 3 nitrogen and oxygen atoms in total. The fourth-order valence-corrected chi connectivity index (χ4v) is 2.07. The average Bonchev–Trinajstić information content (AvgIpc) is 2.26. The van der Waals surface area contributed by atoms with Gasteiger partial charge >= 0.3 is 5.97 Å². The van der Waals surface area contributed by atoms with Crippen molar-refractivity contribution in [1.29, 1.82) is 0 Å². The van der Waals surface area contributed by atoms with Crippen molar-refractivity contribution in [3.8, 4) is 0 Å². The van der Waals surface area contributed by atoms with E-state index in [1.165, 1.54) is 6.42 Å². The normalized spacial score (nSPS) is 20.4. The average molecular weight is 199 g/mol. The van der Waals surface area contributed by atoms with Crippen molar-refractivity contribution in [1.82, 2.24) is 0 Å². The SMILES string of the molecule is CCCOC(=O)C1(CN)CCCCC1. The third-order valence-electron chi connectivity index (χ3n) is 3.07. The third kappa shape index (κ3) is 2.47. The molecule has 0 spiro atoms. The maximum Gasteiger partial charge on any atom is 0.313 e. The van der Waals surface area contributed by atoms with E-state index in [-0.39, 0.29) is 11.4 Å². The van der Waals surface area contributed by atoms with Crippen LogP contribution in [-0.2, 0) is 9.53 Å². The van der Waals surface area contributed by atoms with Crippen molar-refractivity contribution < 1.29 is 9.53 Å². The summed E-state index contributed by atoms with van der Waals surface area (Å²) in [7, 11) is 0. The molecule has 0 bridgehead atoms. The Labute approximate surface area is 86.0 Å². The van der Waals surface area contributed by atoms with Gasteiger partial charge in [-0.05, 0) is 19.3 Å². The largest absolute Gasteiger partial charge is 0.465 e. The fraction of sp³-hybridized carbons (Fsp3) is 0.909. The van der Waals surface area contributed by atoms with Gasteiger partial charge in [0.05, 0.1) is 12.0 Å². The zero-order chi connectivity index (χ0) is 10.4. The maximum absolute atomic E-state index is 11.8. The standard InChI is InChI=1S/C11H21NO2/c1-2-8-14-10(13)11(9-12)6-4-3-5-7-11/h2-9,12H2,1H3. The minimum absolute atomic E-state index is 0.0680. The molecule has 0 heterocycles. The second kappa shape index (κ2) is 5.35. The summed E-state index contributed by atoms with van der Waals surface area (Å²) >= 11 is 0. The van der Waals surface area contributed by atoms with Crippen LogP contribution in [0.25, 0.3) is 0 Å². The van der Waals surface area contributed by atoms with Crippen molar-refractivity contribution in [3.63, 3.8) is 0 Å². The molecule has 1 fully saturated rings. The first-order valence-electron chi connectivity index (χ1n) is 5.62. The highest BCUT2D eigenvalue weighted by Crippen LogP contribution is 2.36. The summed E-state index contributed by atoms with van der Waals surface area (Å²) in [5.41, 5.74) is 5.36. The van der Waals surface area contributed by atoms with Gasteiger partial charge in [0.25, 0.3) is 0 Å². The smallest absolute Gasteiger partial charge is 0.313 e. The molecule has 1 saturated carbocycles. The van der Waals surface area contributed by atoms with Crippen molar-refractivity contribution in [2.75, 3.05) is 13.2 Å². The molecule has 3 heteroatoms. The zero-order valence-corrected chi connectivity index (χ0v) is 9.05. The topological polar surface area (TPSA) is 52.3 Å². The van der Waals surface area contributed by atoms with Crippen molar-refractivity contribution in [2.45, 2.75) is 45.4 Å². The molecule has 0 radical (unpaired) electrons. The zero-order valence-electron chi connectivity index (χ0n) is 9.05. The molecule has 0 saturated heterocycles. The predicted octanol–water partition coefficient (Wildman–Crippen LogP) is 1.85. The van der Waals surface area contributed by atoms with Crippen LogP contribution in [0.2, 0.25) is 0 Å². The van der Waals surface area contributed by atoms with Gasteiger partial charge < -0.3 is 10.5 Å². The van der Waals surface area contributed by atoms with Crippen molar-refractivity contribution >= 4 is 5.97 Å². The van der Waals surface area contributed by atoms with E-state index in [0.29, 0.717) is 13.2 Å². The Kier molecular flexibility index (Phi) is 4.39. The van der Waals surface area contributed by atoms with E-state index < -0.39 is 0 Å². The quantitative estimate of drug-likeness (QED) is 0.703. The lowest BCUT2D eigenvalue weighted by Gasteiger charge is -2.33. The molecule has 0 aliphatic heterocycles. The molecule has 2 N–H and O–H groups in total. The van der Waals surface area contributed by atoms with Gasteiger partial charge in [0.15, 0.2) is 0 Å². The molecular formula is C11H21NO2. The highest BCUT2D eigenvalue weighted by Gasteiger charge is 2.39. The Bertz CT molecular complexity index is 186. The molecule has 0 aromatic carbocycles. The number of rotatable bonds is 4. The Balaban J connectivity index is 2.53. The van der Waals surface area contributed by atoms with Crippen LogP contribution in [0.15, 0.2) is 0 Å². The minimum atomic E-state index is -0.354. The van der Waals surface area contributed by atoms with E-state index in [1.807, 2.05) is 6.92 Å². The highest BCUT2D eigenvalue weighted by molar-refractivity contribution is 5.77. The first-order valence-corrected chi connectivity index (χ1v) is 5.62. The van der Waals surface area contributed by atoms with E-state index in [2.05, 4.69) is 0 Å². The second-order valence-corrected chi connectivity index (χ2v) is 4.18. The number of ether oxygens (including phenoxy) is 1. The molecule has 14 heavy (non-hydrogen) atoms. The molecule has 0 atom stereocenters. The van der Waals surface area contributed by atoms with Gasteiger partial charge in [0.1, 0.15) is 0 Å². The number of hydrogen-bond donors (Lipinski definition) is 1. The number of nitrogens with two attached hydrogens (primary N) is 1. The Morgan fingerprint density at radius 3 is 2.50 bits per heavy atom. The van der Waals surface area contributed by atoms with E-state index in [4.69, 9.17) is 10.5 Å². The monoisotopic (exact) mass is 199 g/mol. The van der Waals surface area contributed by atoms with Crippen LogP contribution >= 0.6 is 0 Å². The van der Waals surface area contributed by atoms with Crippen LogP contribution < -0.4 is 5.73 Å². The van der Waals surface area contributed by atoms with E-state index >= 15 is 0 Å². The maximum atomic E-state index is 11.8. The molecule has 0 aromatic heterocycles. The third-order valence-corrected chi connectivity index (χ3v) is 3.07. The van der Waals surface area contributed by atoms with Crippen LogP contribution in [0, 0.1) is 5.41 Å². The minimum Gasteiger partial charge on any atom is -0.465 e. The summed E-state index contributed by atoms with van der Waals surface area (Å²) in [6, 6.07) is 0. The predicted molar refractivity (Wildman–Crippen MR) is 55.8 cm³/mol. The first kappa shape index (κ1) is 11.5. The number of carbonyl (C=O) groups excluding carboxylic acids is 1. The summed E-state index contributed by atoms with van der Waals surface area (Å²) in [6.45, 7) is 2.97. The molecule has 0 amide bonds. The summed E-state index contributed by atoms with van der Waals surface area (Å²) in [4.78, 5) is 11.8. The van der Waals surface area contributed by atoms with Crippen LogP contribution in [0.5, 0.6) is 0 Å². The summed E-state index contributed by atoms with van der Waals surface area (Å²) in [5.74, 6) is -0.0680. The highest BCUT2D eigenvalue weighted by atomic mass is 16.5. The van der Waals surface area contributed by atoms with Gasteiger partial charge in [-0.2, -0.15) is 0 Å². The van der Waals surface area contributed by atoms with Gasteiger partial charge in [-0.3, -0.25) is 4.79 Å². The molecule has 0 unspecified atom stereocenters. The van der Waals surface area contributed by atoms with Crippen LogP contribution in [0.1, 0.15) is 45.4 Å². The Hall–Kier alpha value is -0.570. The van der Waals surface area contributed by atoms with Crippen LogP contribution in [-0.4, -0.2) is 19.1 Å². The van der Waals surface area contributed by atoms with Gasteiger partial charge in [-0.15, -0.1) is 0 Å². The molecular weight excluding hydrogens is 178 g/mol. The van der Waals surface area contributed by atoms with E-state index in [1.54, 1.807) is 0 Å². The van der Waals surface area contributed by atoms with E-state index in [0.717, 1.165) is 32.1 Å². The molecule has 1 rings (SSSR count). The second-order valence-electron chi connectivity index (χ2n) is 4.18. The van der Waals surface area contributed by atoms with Gasteiger partial charge in [-0.25, -0.2) is 0 Å². The van der Waals surface area contributed by atoms with Crippen molar-refractivity contribution in [3.05, 3.63) is 0 Å². The summed E-state index contributed by atoms with van der Waals surface area (Å²) in [6.07, 6.45) is 6.14. The van der Waals surface area contributed by atoms with E-state index in [9.17, 15) is 4.79 Å². The van der Waals surface area contributed by atoms with Gasteiger partial charge in [0, 0.05) is 6.54 Å². The fourth-order valence-electron chi connectivity index (χ4n) is 2.07. The Morgan fingerprint density at radius 1 is 1.36 bits per heavy atom. The molecule has 1 aliphatic rings. The van der Waals surface area contributed by atoms with Crippen molar-refractivity contribution in [2.24, 2.45) is 11.1 Å². The van der Waals surface area contributed by atoms with Gasteiger partial charge in [-0.1, -0.05) is 26.2 Å². The number of hydrogen-bond acceptors (Lipinski definition) is 3. The lowest BCUT2D eigenvalue weighted by atomic mass is 9.74. The summed E-state index contributed by atoms with van der Waals surface area (Å²) < 4.78 is 5.21. The number of esters is 1. The lowest BCUT2D eigenvalue weighted by molar-refractivity contribution is -0.157. The van der Waals surface area contributed by atoms with Gasteiger partial charge in [0.2, 0.25) is 0 Å². The molecule has 82 valence electrons. The molecule has 0 aromatic rings. The molecule has 1 aliphatic carbocycles. The van der Waals surface area contributed by atoms with Crippen LogP contribution in [0.4, 0.5) is 0 Å². The first-order chi connectivity index (χ1) is 6.75. The summed E-state index contributed by atoms with van der Waals surface area (Å²) in [5, 5.41) is 0. The van der Waals surface area contributed by atoms with Crippen LogP contribution in [0.3, 0.4) is 0 Å².